The minimum Gasteiger partial charge on any atom is -0.496 e. The van der Waals surface area contributed by atoms with E-state index < -0.39 is 0 Å². The topological polar surface area (TPSA) is 35.5 Å². The fraction of sp³-hybridized carbons (Fsp3) is 0.462. The lowest BCUT2D eigenvalue weighted by atomic mass is 10.1. The van der Waals surface area contributed by atoms with Crippen molar-refractivity contribution in [2.75, 3.05) is 13.7 Å². The van der Waals surface area contributed by atoms with Gasteiger partial charge in [-0.1, -0.05) is 12.1 Å². The van der Waals surface area contributed by atoms with E-state index in [1.165, 1.54) is 0 Å². The summed E-state index contributed by atoms with van der Waals surface area (Å²) in [6, 6.07) is 7.16. The molecule has 3 heteroatoms. The van der Waals surface area contributed by atoms with Crippen molar-refractivity contribution < 1.29 is 14.3 Å². The van der Waals surface area contributed by atoms with Gasteiger partial charge in [0.15, 0.2) is 5.78 Å². The third-order valence-electron chi connectivity index (χ3n) is 2.04. The van der Waals surface area contributed by atoms with Gasteiger partial charge in [-0.3, -0.25) is 4.79 Å². The normalized spacial score (nSPS) is 11.2. The predicted molar refractivity (Wildman–Crippen MR) is 63.0 cm³/mol. The Morgan fingerprint density at radius 1 is 1.25 bits per heavy atom. The highest BCUT2D eigenvalue weighted by Crippen LogP contribution is 2.18. The number of ketones is 1. The Hall–Kier alpha value is -1.35. The van der Waals surface area contributed by atoms with Gasteiger partial charge in [-0.05, 0) is 32.9 Å². The number of rotatable bonds is 4. The van der Waals surface area contributed by atoms with Crippen molar-refractivity contribution in [1.29, 1.82) is 0 Å². The molecule has 0 saturated heterocycles. The quantitative estimate of drug-likeness (QED) is 0.735. The average Bonchev–Trinajstić information content (AvgIpc) is 2.25. The zero-order chi connectivity index (χ0) is 12.2. The third-order valence-corrected chi connectivity index (χ3v) is 2.04. The molecule has 0 spiro atoms. The van der Waals surface area contributed by atoms with E-state index >= 15 is 0 Å². The Morgan fingerprint density at radius 2 is 1.88 bits per heavy atom. The molecule has 0 bridgehead atoms. The molecule has 1 rings (SSSR count). The largest absolute Gasteiger partial charge is 0.496 e. The molecule has 0 atom stereocenters. The Kier molecular flexibility index (Phi) is 4.07. The van der Waals surface area contributed by atoms with Crippen molar-refractivity contribution in [3.63, 3.8) is 0 Å². The van der Waals surface area contributed by atoms with Crippen molar-refractivity contribution in [3.8, 4) is 5.75 Å². The van der Waals surface area contributed by atoms with Crippen LogP contribution >= 0.6 is 0 Å². The Labute approximate surface area is 96.4 Å². The number of hydrogen-bond acceptors (Lipinski definition) is 3. The van der Waals surface area contributed by atoms with Gasteiger partial charge in [-0.15, -0.1) is 0 Å². The molecular formula is C13H18O3. The van der Waals surface area contributed by atoms with E-state index in [0.29, 0.717) is 11.3 Å². The third kappa shape index (κ3) is 3.66. The Balaban J connectivity index is 2.73. The lowest BCUT2D eigenvalue weighted by Crippen LogP contribution is -2.23. The van der Waals surface area contributed by atoms with Crippen LogP contribution in [-0.2, 0) is 4.74 Å². The van der Waals surface area contributed by atoms with Gasteiger partial charge in [0.1, 0.15) is 12.4 Å². The van der Waals surface area contributed by atoms with Crippen molar-refractivity contribution in [2.24, 2.45) is 0 Å². The maximum atomic E-state index is 11.9. The maximum Gasteiger partial charge on any atom is 0.192 e. The molecule has 0 saturated carbocycles. The molecule has 1 aromatic rings. The molecule has 0 N–H and O–H groups in total. The fourth-order valence-corrected chi connectivity index (χ4v) is 1.23. The van der Waals surface area contributed by atoms with Gasteiger partial charge in [-0.25, -0.2) is 0 Å². The standard InChI is InChI=1S/C13H18O3/c1-13(2,3)16-9-11(14)10-7-5-6-8-12(10)15-4/h5-8H,9H2,1-4H3. The first-order chi connectivity index (χ1) is 7.44. The number of benzene rings is 1. The molecule has 0 aliphatic carbocycles. The number of carbonyl (C=O) groups excluding carboxylic acids is 1. The van der Waals surface area contributed by atoms with Crippen molar-refractivity contribution in [1.82, 2.24) is 0 Å². The van der Waals surface area contributed by atoms with E-state index in [4.69, 9.17) is 9.47 Å². The van der Waals surface area contributed by atoms with Gasteiger partial charge in [0, 0.05) is 0 Å². The predicted octanol–water partition coefficient (Wildman–Crippen LogP) is 2.69. The number of carbonyl (C=O) groups is 1. The smallest absolute Gasteiger partial charge is 0.192 e. The number of Topliss-reactive ketones (excluding diaryl/α,β-unsaturated/α-hetero) is 1. The second-order valence-electron chi connectivity index (χ2n) is 4.52. The van der Waals surface area contributed by atoms with Crippen LogP contribution in [0.1, 0.15) is 31.1 Å². The van der Waals surface area contributed by atoms with Gasteiger partial charge in [0.25, 0.3) is 0 Å². The fourth-order valence-electron chi connectivity index (χ4n) is 1.23. The molecule has 16 heavy (non-hydrogen) atoms. The second kappa shape index (κ2) is 5.12. The number of hydrogen-bond donors (Lipinski definition) is 0. The number of para-hydroxylation sites is 1. The van der Waals surface area contributed by atoms with E-state index in [1.54, 1.807) is 19.2 Å². The second-order valence-corrected chi connectivity index (χ2v) is 4.52. The number of methoxy groups -OCH3 is 1. The summed E-state index contributed by atoms with van der Waals surface area (Å²) in [6.45, 7) is 5.83. The Morgan fingerprint density at radius 3 is 2.44 bits per heavy atom. The van der Waals surface area contributed by atoms with Gasteiger partial charge < -0.3 is 9.47 Å². The summed E-state index contributed by atoms with van der Waals surface area (Å²) in [6.07, 6.45) is 0. The molecule has 0 radical (unpaired) electrons. The van der Waals surface area contributed by atoms with Crippen molar-refractivity contribution >= 4 is 5.78 Å². The first kappa shape index (κ1) is 12.7. The molecule has 0 amide bonds. The molecular weight excluding hydrogens is 204 g/mol. The minimum atomic E-state index is -0.308. The van der Waals surface area contributed by atoms with Gasteiger partial charge in [-0.2, -0.15) is 0 Å². The Bertz CT molecular complexity index is 364. The highest BCUT2D eigenvalue weighted by Gasteiger charge is 2.16. The molecule has 0 aliphatic rings. The minimum absolute atomic E-state index is 0.0626. The monoisotopic (exact) mass is 222 g/mol. The zero-order valence-corrected chi connectivity index (χ0v) is 10.2. The molecule has 0 unspecified atom stereocenters. The van der Waals surface area contributed by atoms with Crippen LogP contribution in [-0.4, -0.2) is 25.1 Å². The van der Waals surface area contributed by atoms with Crippen LogP contribution in [0, 0.1) is 0 Å². The molecule has 0 aromatic heterocycles. The molecule has 3 nitrogen and oxygen atoms in total. The zero-order valence-electron chi connectivity index (χ0n) is 10.2. The van der Waals surface area contributed by atoms with E-state index in [2.05, 4.69) is 0 Å². The van der Waals surface area contributed by atoms with Crippen molar-refractivity contribution in [2.45, 2.75) is 26.4 Å². The number of ether oxygens (including phenoxy) is 2. The summed E-state index contributed by atoms with van der Waals surface area (Å²) in [5, 5.41) is 0. The van der Waals surface area contributed by atoms with Crippen LogP contribution in [0.15, 0.2) is 24.3 Å². The molecule has 1 aromatic carbocycles. The lowest BCUT2D eigenvalue weighted by molar-refractivity contribution is 0.00296. The van der Waals surface area contributed by atoms with Crippen LogP contribution in [0.25, 0.3) is 0 Å². The summed E-state index contributed by atoms with van der Waals surface area (Å²) >= 11 is 0. The van der Waals surface area contributed by atoms with Crippen LogP contribution in [0.3, 0.4) is 0 Å². The molecule has 88 valence electrons. The van der Waals surface area contributed by atoms with Crippen LogP contribution in [0.4, 0.5) is 0 Å². The maximum absolute atomic E-state index is 11.9. The highest BCUT2D eigenvalue weighted by molar-refractivity contribution is 5.99. The van der Waals surface area contributed by atoms with E-state index in [9.17, 15) is 4.79 Å². The average molecular weight is 222 g/mol. The van der Waals surface area contributed by atoms with E-state index in [0.717, 1.165) is 0 Å². The molecule has 0 fully saturated rings. The SMILES string of the molecule is COc1ccccc1C(=O)COC(C)(C)C. The van der Waals surface area contributed by atoms with Crippen LogP contribution < -0.4 is 4.74 Å². The van der Waals surface area contributed by atoms with Crippen molar-refractivity contribution in [3.05, 3.63) is 29.8 Å². The summed E-state index contributed by atoms with van der Waals surface area (Å²) in [7, 11) is 1.55. The molecule has 0 aliphatic heterocycles. The van der Waals surface area contributed by atoms with E-state index in [1.807, 2.05) is 32.9 Å². The lowest BCUT2D eigenvalue weighted by Gasteiger charge is -2.19. The molecule has 0 heterocycles. The van der Waals surface area contributed by atoms with Crippen LogP contribution in [0.2, 0.25) is 0 Å². The summed E-state index contributed by atoms with van der Waals surface area (Å²) < 4.78 is 10.6. The first-order valence-electron chi connectivity index (χ1n) is 5.24. The van der Waals surface area contributed by atoms with E-state index in [-0.39, 0.29) is 18.0 Å². The van der Waals surface area contributed by atoms with Crippen LogP contribution in [0.5, 0.6) is 5.75 Å². The van der Waals surface area contributed by atoms with Gasteiger partial charge in [0.2, 0.25) is 0 Å². The first-order valence-corrected chi connectivity index (χ1v) is 5.24. The summed E-state index contributed by atoms with van der Waals surface area (Å²) in [5.74, 6) is 0.525. The van der Waals surface area contributed by atoms with Gasteiger partial charge >= 0.3 is 0 Å². The highest BCUT2D eigenvalue weighted by atomic mass is 16.5. The summed E-state index contributed by atoms with van der Waals surface area (Å²) in [5.41, 5.74) is 0.256. The van der Waals surface area contributed by atoms with Gasteiger partial charge in [0.05, 0.1) is 18.3 Å². The summed E-state index contributed by atoms with van der Waals surface area (Å²) in [4.78, 5) is 11.9.